The Morgan fingerprint density at radius 3 is 2.66 bits per heavy atom. The van der Waals surface area contributed by atoms with Gasteiger partial charge in [0.05, 0.1) is 18.2 Å². The van der Waals surface area contributed by atoms with Crippen molar-refractivity contribution in [1.82, 2.24) is 24.6 Å². The number of hydrogen-bond acceptors (Lipinski definition) is 10. The molecule has 4 fully saturated rings. The lowest BCUT2D eigenvalue weighted by molar-refractivity contribution is -0.201. The van der Waals surface area contributed by atoms with E-state index < -0.39 is 35.9 Å². The Balaban J connectivity index is 1.23. The van der Waals surface area contributed by atoms with Gasteiger partial charge in [0.15, 0.2) is 17.7 Å². The molecule has 6 heterocycles. The summed E-state index contributed by atoms with van der Waals surface area (Å²) in [5.41, 5.74) is -0.0238. The Morgan fingerprint density at radius 2 is 1.95 bits per heavy atom. The summed E-state index contributed by atoms with van der Waals surface area (Å²) in [6.45, 7) is 11.9. The standard InChI is InChI=1S/C25H35ClN6O6/c1-23(2,3)38-22(34)30-8-6-7-25(11-30)12-31(13-25)18-14-9-27-32(19(14)29-21(26)28-18)20-17-16(15(10-33)35-20)36-24(4,5)37-17/h9,15-17,20,33H,6-8,10-13H2,1-5H3/t15?,16-,17-,20?/m1/s1. The molecule has 0 radical (unpaired) electrons. The van der Waals surface area contributed by atoms with E-state index in [1.165, 1.54) is 0 Å². The molecule has 1 N–H and O–H groups in total. The van der Waals surface area contributed by atoms with E-state index in [0.29, 0.717) is 24.6 Å². The topological polar surface area (TPSA) is 124 Å². The molecular weight excluding hydrogens is 516 g/mol. The van der Waals surface area contributed by atoms with Crippen molar-refractivity contribution in [3.05, 3.63) is 11.5 Å². The Morgan fingerprint density at radius 1 is 1.21 bits per heavy atom. The third-order valence-corrected chi connectivity index (χ3v) is 7.79. The lowest BCUT2D eigenvalue weighted by Crippen LogP contribution is -2.64. The molecule has 1 amide bonds. The van der Waals surface area contributed by atoms with Gasteiger partial charge in [-0.1, -0.05) is 0 Å². The Labute approximate surface area is 226 Å². The fourth-order valence-electron chi connectivity index (χ4n) is 6.18. The summed E-state index contributed by atoms with van der Waals surface area (Å²) in [4.78, 5) is 25.7. The third kappa shape index (κ3) is 4.49. The molecule has 0 aromatic carbocycles. The van der Waals surface area contributed by atoms with E-state index in [4.69, 9.17) is 30.5 Å². The van der Waals surface area contributed by atoms with Crippen LogP contribution < -0.4 is 4.90 Å². The summed E-state index contributed by atoms with van der Waals surface area (Å²) >= 11 is 6.40. The number of carbonyl (C=O) groups is 1. The van der Waals surface area contributed by atoms with Gasteiger partial charge < -0.3 is 33.9 Å². The van der Waals surface area contributed by atoms with Crippen LogP contribution in [0.3, 0.4) is 0 Å². The predicted molar refractivity (Wildman–Crippen MR) is 137 cm³/mol. The number of piperidine rings is 1. The van der Waals surface area contributed by atoms with Crippen LogP contribution in [0.1, 0.15) is 53.7 Å². The third-order valence-electron chi connectivity index (χ3n) is 7.62. The smallest absolute Gasteiger partial charge is 0.410 e. The van der Waals surface area contributed by atoms with Gasteiger partial charge in [0.1, 0.15) is 29.7 Å². The fraction of sp³-hybridized carbons (Fsp3) is 0.760. The second-order valence-corrected chi connectivity index (χ2v) is 12.7. The second kappa shape index (κ2) is 8.88. The van der Waals surface area contributed by atoms with Crippen molar-refractivity contribution in [2.24, 2.45) is 5.41 Å². The van der Waals surface area contributed by atoms with Gasteiger partial charge in [0.25, 0.3) is 0 Å². The lowest BCUT2D eigenvalue weighted by Gasteiger charge is -2.55. The van der Waals surface area contributed by atoms with Crippen LogP contribution in [-0.4, -0.2) is 98.3 Å². The molecule has 12 nitrogen and oxygen atoms in total. The molecule has 38 heavy (non-hydrogen) atoms. The van der Waals surface area contributed by atoms with E-state index >= 15 is 0 Å². The van der Waals surface area contributed by atoms with E-state index in [9.17, 15) is 9.90 Å². The van der Waals surface area contributed by atoms with Gasteiger partial charge >= 0.3 is 6.09 Å². The van der Waals surface area contributed by atoms with Crippen molar-refractivity contribution in [2.75, 3.05) is 37.7 Å². The molecule has 6 rings (SSSR count). The number of anilines is 1. The lowest BCUT2D eigenvalue weighted by atomic mass is 9.73. The minimum atomic E-state index is -0.801. The van der Waals surface area contributed by atoms with Crippen LogP contribution in [0.5, 0.6) is 0 Å². The first-order valence-electron chi connectivity index (χ1n) is 13.1. The van der Waals surface area contributed by atoms with Gasteiger partial charge in [-0.25, -0.2) is 9.48 Å². The highest BCUT2D eigenvalue weighted by atomic mass is 35.5. The fourth-order valence-corrected chi connectivity index (χ4v) is 6.34. The number of aliphatic hydroxyl groups is 1. The number of rotatable bonds is 3. The minimum Gasteiger partial charge on any atom is -0.444 e. The van der Waals surface area contributed by atoms with Crippen molar-refractivity contribution in [1.29, 1.82) is 0 Å². The van der Waals surface area contributed by atoms with Crippen LogP contribution in [0.15, 0.2) is 6.20 Å². The van der Waals surface area contributed by atoms with Gasteiger partial charge in [0, 0.05) is 31.6 Å². The number of carbonyl (C=O) groups excluding carboxylic acids is 1. The number of nitrogens with zero attached hydrogens (tertiary/aromatic N) is 6. The van der Waals surface area contributed by atoms with Gasteiger partial charge in [-0.15, -0.1) is 0 Å². The summed E-state index contributed by atoms with van der Waals surface area (Å²) in [7, 11) is 0. The molecule has 1 spiro atoms. The van der Waals surface area contributed by atoms with Crippen molar-refractivity contribution in [2.45, 2.75) is 83.4 Å². The molecule has 13 heteroatoms. The largest absolute Gasteiger partial charge is 0.444 e. The van der Waals surface area contributed by atoms with Crippen molar-refractivity contribution >= 4 is 34.5 Å². The van der Waals surface area contributed by atoms with Crippen LogP contribution in [0.25, 0.3) is 11.0 Å². The van der Waals surface area contributed by atoms with Crippen LogP contribution in [0, 0.1) is 5.41 Å². The quantitative estimate of drug-likeness (QED) is 0.570. The number of aromatic nitrogens is 4. The second-order valence-electron chi connectivity index (χ2n) is 12.3. The highest BCUT2D eigenvalue weighted by Gasteiger charge is 2.56. The molecule has 4 aliphatic rings. The van der Waals surface area contributed by atoms with Crippen LogP contribution in [0.2, 0.25) is 5.28 Å². The van der Waals surface area contributed by atoms with E-state index in [1.807, 2.05) is 39.5 Å². The monoisotopic (exact) mass is 550 g/mol. The van der Waals surface area contributed by atoms with Gasteiger partial charge in [-0.3, -0.25) is 0 Å². The normalized spacial score (nSPS) is 30.1. The molecule has 0 bridgehead atoms. The summed E-state index contributed by atoms with van der Waals surface area (Å²) < 4.78 is 25.5. The average Bonchev–Trinajstić information content (AvgIpc) is 3.46. The highest BCUT2D eigenvalue weighted by Crippen LogP contribution is 2.45. The maximum atomic E-state index is 12.7. The molecule has 208 valence electrons. The summed E-state index contributed by atoms with van der Waals surface area (Å²) in [5.74, 6) is -0.103. The number of amides is 1. The van der Waals surface area contributed by atoms with Gasteiger partial charge in [-0.05, 0) is 59.1 Å². The number of hydrogen-bond donors (Lipinski definition) is 1. The van der Waals surface area contributed by atoms with E-state index in [2.05, 4.69) is 20.0 Å². The minimum absolute atomic E-state index is 0.0222. The summed E-state index contributed by atoms with van der Waals surface area (Å²) in [5, 5.41) is 15.3. The zero-order valence-corrected chi connectivity index (χ0v) is 23.1. The SMILES string of the molecule is CC(C)(C)OC(=O)N1CCCC2(C1)CN(c1nc(Cl)nc3c1cnn3C1OC(CO)[C@H]3OC(C)(C)O[C@@H]13)C2. The van der Waals surface area contributed by atoms with Gasteiger partial charge in [-0.2, -0.15) is 15.1 Å². The number of fused-ring (bicyclic) bond motifs is 2. The summed E-state index contributed by atoms with van der Waals surface area (Å²) in [6.07, 6.45) is 1.33. The average molecular weight is 551 g/mol. The summed E-state index contributed by atoms with van der Waals surface area (Å²) in [6, 6.07) is 0. The number of likely N-dealkylation sites (tertiary alicyclic amines) is 1. The van der Waals surface area contributed by atoms with E-state index in [-0.39, 0.29) is 23.4 Å². The first-order valence-corrected chi connectivity index (χ1v) is 13.5. The molecule has 0 aliphatic carbocycles. The number of aliphatic hydroxyl groups excluding tert-OH is 1. The molecule has 4 saturated heterocycles. The first kappa shape index (κ1) is 26.0. The van der Waals surface area contributed by atoms with Gasteiger partial charge in [0.2, 0.25) is 5.28 Å². The molecule has 2 unspecified atom stereocenters. The maximum Gasteiger partial charge on any atom is 0.410 e. The number of halogens is 1. The molecular formula is C25H35ClN6O6. The molecule has 4 atom stereocenters. The van der Waals surface area contributed by atoms with Crippen LogP contribution in [-0.2, 0) is 18.9 Å². The Kier molecular flexibility index (Phi) is 6.08. The first-order chi connectivity index (χ1) is 17.9. The maximum absolute atomic E-state index is 12.7. The highest BCUT2D eigenvalue weighted by molar-refractivity contribution is 6.28. The van der Waals surface area contributed by atoms with Crippen molar-refractivity contribution in [3.8, 4) is 0 Å². The van der Waals surface area contributed by atoms with Crippen LogP contribution in [0.4, 0.5) is 10.6 Å². The van der Waals surface area contributed by atoms with E-state index in [1.54, 1.807) is 10.9 Å². The molecule has 2 aromatic heterocycles. The predicted octanol–water partition coefficient (Wildman–Crippen LogP) is 2.73. The van der Waals surface area contributed by atoms with E-state index in [0.717, 1.165) is 31.3 Å². The molecule has 2 aromatic rings. The van der Waals surface area contributed by atoms with Crippen molar-refractivity contribution in [3.63, 3.8) is 0 Å². The van der Waals surface area contributed by atoms with Crippen LogP contribution >= 0.6 is 11.6 Å². The Hall–Kier alpha value is -2.25. The Bertz CT molecular complexity index is 1240. The molecule has 0 saturated carbocycles. The molecule has 4 aliphatic heterocycles. The zero-order valence-electron chi connectivity index (χ0n) is 22.4. The van der Waals surface area contributed by atoms with Crippen molar-refractivity contribution < 1.29 is 28.8 Å². The number of ether oxygens (including phenoxy) is 4. The zero-order chi connectivity index (χ0) is 27.0.